The first-order valence-corrected chi connectivity index (χ1v) is 14.0. The molecule has 194 valence electrons. The molecular weight excluding hydrogens is 420 g/mol. The highest BCUT2D eigenvalue weighted by molar-refractivity contribution is 5.49. The van der Waals surface area contributed by atoms with Crippen LogP contribution in [0.15, 0.2) is 23.3 Å². The molecule has 0 saturated heterocycles. The number of hydrogen-bond acceptors (Lipinski definition) is 3. The van der Waals surface area contributed by atoms with Gasteiger partial charge in [-0.3, -0.25) is 0 Å². The minimum absolute atomic E-state index is 0.0249. The van der Waals surface area contributed by atoms with Crippen molar-refractivity contribution in [2.24, 2.45) is 44.8 Å². The fourth-order valence-electron chi connectivity index (χ4n) is 9.06. The van der Waals surface area contributed by atoms with Crippen molar-refractivity contribution in [2.75, 3.05) is 6.61 Å². The number of allylic oxidation sites excluding steroid dienone is 4. The van der Waals surface area contributed by atoms with Crippen molar-refractivity contribution in [3.63, 3.8) is 0 Å². The van der Waals surface area contributed by atoms with E-state index in [0.717, 1.165) is 38.5 Å². The molecule has 2 saturated carbocycles. The highest BCUT2D eigenvalue weighted by Gasteiger charge is 2.63. The quantitative estimate of drug-likeness (QED) is 0.405. The summed E-state index contributed by atoms with van der Waals surface area (Å²) in [4.78, 5) is 0. The van der Waals surface area contributed by atoms with Crippen LogP contribution >= 0.6 is 0 Å². The molecule has 0 radical (unpaired) electrons. The molecule has 0 amide bonds. The van der Waals surface area contributed by atoms with Gasteiger partial charge in [-0.15, -0.1) is 0 Å². The summed E-state index contributed by atoms with van der Waals surface area (Å²) < 4.78 is 0. The predicted molar refractivity (Wildman–Crippen MR) is 140 cm³/mol. The van der Waals surface area contributed by atoms with E-state index in [1.54, 1.807) is 11.1 Å². The van der Waals surface area contributed by atoms with Gasteiger partial charge >= 0.3 is 0 Å². The van der Waals surface area contributed by atoms with Gasteiger partial charge in [-0.2, -0.15) is 0 Å². The molecule has 34 heavy (non-hydrogen) atoms. The van der Waals surface area contributed by atoms with E-state index in [0.29, 0.717) is 17.8 Å². The standard InChI is InChI=1S/C31H52O3/c1-20(9-12-25(33)27(2,3)19-32)21-13-17-31(8)23-10-11-24-28(4,5)26(34)15-16-29(24,6)22(23)14-18-30(21,31)7/h10,14,20-21,24-26,32-34H,9,11-13,15-19H2,1-8H3/t20-,21-,24-,25+,26+,29-,30-,31+/m1/s1. The molecule has 0 spiro atoms. The third kappa shape index (κ3) is 3.62. The van der Waals surface area contributed by atoms with Crippen LogP contribution in [0.5, 0.6) is 0 Å². The van der Waals surface area contributed by atoms with Gasteiger partial charge in [0.1, 0.15) is 0 Å². The van der Waals surface area contributed by atoms with Gasteiger partial charge in [0, 0.05) is 5.41 Å². The van der Waals surface area contributed by atoms with Crippen LogP contribution in [0.1, 0.15) is 107 Å². The lowest BCUT2D eigenvalue weighted by atomic mass is 9.44. The lowest BCUT2D eigenvalue weighted by Gasteiger charge is -2.61. The van der Waals surface area contributed by atoms with Crippen LogP contribution in [0.3, 0.4) is 0 Å². The first kappa shape index (κ1) is 26.4. The summed E-state index contributed by atoms with van der Waals surface area (Å²) in [7, 11) is 0. The molecule has 0 aromatic heterocycles. The Morgan fingerprint density at radius 1 is 1.00 bits per heavy atom. The molecular formula is C31H52O3. The highest BCUT2D eigenvalue weighted by Crippen LogP contribution is 2.71. The van der Waals surface area contributed by atoms with E-state index in [9.17, 15) is 15.3 Å². The minimum Gasteiger partial charge on any atom is -0.396 e. The zero-order valence-corrected chi connectivity index (χ0v) is 23.2. The first-order chi connectivity index (χ1) is 15.6. The van der Waals surface area contributed by atoms with Crippen molar-refractivity contribution in [3.05, 3.63) is 23.3 Å². The van der Waals surface area contributed by atoms with Crippen molar-refractivity contribution in [1.29, 1.82) is 0 Å². The molecule has 0 heterocycles. The summed E-state index contributed by atoms with van der Waals surface area (Å²) >= 11 is 0. The summed E-state index contributed by atoms with van der Waals surface area (Å²) in [5.74, 6) is 1.71. The summed E-state index contributed by atoms with van der Waals surface area (Å²) in [6, 6.07) is 0. The van der Waals surface area contributed by atoms with Gasteiger partial charge in [0.15, 0.2) is 0 Å². The largest absolute Gasteiger partial charge is 0.396 e. The van der Waals surface area contributed by atoms with E-state index in [4.69, 9.17) is 0 Å². The van der Waals surface area contributed by atoms with E-state index in [1.165, 1.54) is 12.8 Å². The predicted octanol–water partition coefficient (Wildman–Crippen LogP) is 6.67. The second-order valence-corrected chi connectivity index (χ2v) is 14.6. The maximum atomic E-state index is 10.8. The Kier molecular flexibility index (Phi) is 6.57. The van der Waals surface area contributed by atoms with Crippen molar-refractivity contribution in [1.82, 2.24) is 0 Å². The zero-order valence-electron chi connectivity index (χ0n) is 23.2. The number of aliphatic hydroxyl groups is 3. The Bertz CT molecular complexity index is 853. The summed E-state index contributed by atoms with van der Waals surface area (Å²) in [6.07, 6.45) is 13.1. The Balaban J connectivity index is 1.59. The molecule has 3 nitrogen and oxygen atoms in total. The molecule has 4 aliphatic carbocycles. The van der Waals surface area contributed by atoms with Crippen LogP contribution in [-0.2, 0) is 0 Å². The summed E-state index contributed by atoms with van der Waals surface area (Å²) in [5.41, 5.74) is 3.37. The number of rotatable bonds is 6. The Hall–Kier alpha value is -0.640. The van der Waals surface area contributed by atoms with Crippen LogP contribution in [0, 0.1) is 44.8 Å². The molecule has 3 heteroatoms. The molecule has 2 fully saturated rings. The lowest BCUT2D eigenvalue weighted by molar-refractivity contribution is -0.0851. The second kappa shape index (κ2) is 8.45. The average molecular weight is 473 g/mol. The molecule has 0 aliphatic heterocycles. The summed E-state index contributed by atoms with van der Waals surface area (Å²) in [5, 5.41) is 31.1. The Labute approximate surface area is 209 Å². The minimum atomic E-state index is -0.457. The number of hydrogen-bond donors (Lipinski definition) is 3. The van der Waals surface area contributed by atoms with Crippen LogP contribution in [0.25, 0.3) is 0 Å². The SMILES string of the molecule is C[C@H](CC[C@H](O)C(C)(C)CO)[C@H]1CC[C@@]2(C)C3=CC[C@@H]4C(C)(C)[C@@H](O)CC[C@]4(C)C3=CC[C@]12C. The highest BCUT2D eigenvalue weighted by atomic mass is 16.3. The first-order valence-electron chi connectivity index (χ1n) is 14.0. The molecule has 3 N–H and O–H groups in total. The van der Waals surface area contributed by atoms with Gasteiger partial charge in [-0.05, 0) is 102 Å². The normalized spacial score (nSPS) is 43.2. The van der Waals surface area contributed by atoms with E-state index in [1.807, 2.05) is 13.8 Å². The fourth-order valence-corrected chi connectivity index (χ4v) is 9.06. The fraction of sp³-hybridized carbons (Fsp3) is 0.871. The average Bonchev–Trinajstić information content (AvgIpc) is 3.06. The molecule has 0 aromatic carbocycles. The summed E-state index contributed by atoms with van der Waals surface area (Å²) in [6.45, 7) is 18.5. The van der Waals surface area contributed by atoms with Crippen LogP contribution < -0.4 is 0 Å². The lowest BCUT2D eigenvalue weighted by Crippen LogP contribution is -2.54. The van der Waals surface area contributed by atoms with Gasteiger partial charge in [-0.1, -0.05) is 67.5 Å². The van der Waals surface area contributed by atoms with Gasteiger partial charge in [0.25, 0.3) is 0 Å². The van der Waals surface area contributed by atoms with Crippen molar-refractivity contribution < 1.29 is 15.3 Å². The van der Waals surface area contributed by atoms with Gasteiger partial charge in [0.2, 0.25) is 0 Å². The van der Waals surface area contributed by atoms with Gasteiger partial charge < -0.3 is 15.3 Å². The van der Waals surface area contributed by atoms with E-state index >= 15 is 0 Å². The Morgan fingerprint density at radius 2 is 1.68 bits per heavy atom. The maximum Gasteiger partial charge on any atom is 0.0613 e. The molecule has 4 rings (SSSR count). The number of aliphatic hydroxyl groups excluding tert-OH is 3. The second-order valence-electron chi connectivity index (χ2n) is 14.6. The van der Waals surface area contributed by atoms with E-state index < -0.39 is 11.5 Å². The van der Waals surface area contributed by atoms with Crippen LogP contribution in [0.2, 0.25) is 0 Å². The van der Waals surface area contributed by atoms with Crippen molar-refractivity contribution in [2.45, 2.75) is 119 Å². The zero-order chi connectivity index (χ0) is 25.3. The molecule has 0 aromatic rings. The van der Waals surface area contributed by atoms with Crippen LogP contribution in [-0.4, -0.2) is 34.1 Å². The maximum absolute atomic E-state index is 10.8. The van der Waals surface area contributed by atoms with Crippen LogP contribution in [0.4, 0.5) is 0 Å². The monoisotopic (exact) mass is 472 g/mol. The molecule has 4 aliphatic rings. The smallest absolute Gasteiger partial charge is 0.0613 e. The van der Waals surface area contributed by atoms with E-state index in [2.05, 4.69) is 53.7 Å². The molecule has 0 bridgehead atoms. The van der Waals surface area contributed by atoms with E-state index in [-0.39, 0.29) is 34.4 Å². The van der Waals surface area contributed by atoms with Gasteiger partial charge in [0.05, 0.1) is 18.8 Å². The van der Waals surface area contributed by atoms with Gasteiger partial charge in [-0.25, -0.2) is 0 Å². The van der Waals surface area contributed by atoms with Crippen molar-refractivity contribution in [3.8, 4) is 0 Å². The topological polar surface area (TPSA) is 60.7 Å². The third-order valence-electron chi connectivity index (χ3n) is 12.2. The molecule has 0 unspecified atom stereocenters. The third-order valence-corrected chi connectivity index (χ3v) is 12.2. The van der Waals surface area contributed by atoms with Crippen molar-refractivity contribution >= 4 is 0 Å². The number of fused-ring (bicyclic) bond motifs is 5. The molecule has 8 atom stereocenters. The Morgan fingerprint density at radius 3 is 2.32 bits per heavy atom.